The molecule has 1 heterocycles. The molecule has 1 rings (SSSR count). The number of halogens is 2. The predicted molar refractivity (Wildman–Crippen MR) is 70.9 cm³/mol. The number of hydrogen-bond donors (Lipinski definition) is 1. The summed E-state index contributed by atoms with van der Waals surface area (Å²) in [5, 5.41) is 13.5. The summed E-state index contributed by atoms with van der Waals surface area (Å²) in [6.07, 6.45) is 1.10. The molecule has 18 heavy (non-hydrogen) atoms. The Kier molecular flexibility index (Phi) is 5.62. The topological polar surface area (TPSA) is 76.8 Å². The fourth-order valence-electron chi connectivity index (χ4n) is 1.76. The lowest BCUT2D eigenvalue weighted by Gasteiger charge is -2.15. The average Bonchev–Trinajstić information content (AvgIpc) is 2.69. The molecular weight excluding hydrogens is 281 g/mol. The van der Waals surface area contributed by atoms with Crippen LogP contribution >= 0.6 is 23.2 Å². The Bertz CT molecular complexity index is 336. The minimum Gasteiger partial charge on any atom is -0.378 e. The summed E-state index contributed by atoms with van der Waals surface area (Å²) in [5.74, 6) is 0.238. The number of rotatable bonds is 5. The molecule has 0 aromatic rings. The van der Waals surface area contributed by atoms with Gasteiger partial charge in [-0.25, -0.2) is 0 Å². The van der Waals surface area contributed by atoms with Crippen LogP contribution in [0, 0.1) is 16.0 Å². The normalized spacial score (nSPS) is 25.2. The number of hydrogen-bond acceptors (Lipinski definition) is 4. The first-order valence-corrected chi connectivity index (χ1v) is 6.56. The lowest BCUT2D eigenvalue weighted by molar-refractivity contribution is -0.497. The van der Waals surface area contributed by atoms with Crippen molar-refractivity contribution in [1.29, 1.82) is 0 Å². The fourth-order valence-corrected chi connectivity index (χ4v) is 2.02. The molecule has 0 aliphatic carbocycles. The van der Waals surface area contributed by atoms with Crippen molar-refractivity contribution >= 4 is 29.0 Å². The van der Waals surface area contributed by atoms with Gasteiger partial charge in [-0.3, -0.25) is 15.1 Å². The molecule has 0 saturated carbocycles. The Labute approximate surface area is 116 Å². The third-order valence-electron chi connectivity index (χ3n) is 2.65. The van der Waals surface area contributed by atoms with Gasteiger partial charge in [-0.15, -0.1) is 0 Å². The molecule has 0 radical (unpaired) electrons. The number of ether oxygens (including phenoxy) is 1. The maximum Gasteiger partial charge on any atom is 0.427 e. The Morgan fingerprint density at radius 1 is 1.67 bits per heavy atom. The molecule has 1 fully saturated rings. The SMILES string of the molecule is CCNC(=NCC1COC(C)C1)C(Cl)(Cl)[N+](=O)[O-]. The van der Waals surface area contributed by atoms with Gasteiger partial charge in [-0.2, -0.15) is 0 Å². The van der Waals surface area contributed by atoms with Crippen LogP contribution in [0.2, 0.25) is 0 Å². The number of amidine groups is 1. The van der Waals surface area contributed by atoms with Crippen molar-refractivity contribution in [2.24, 2.45) is 10.9 Å². The largest absolute Gasteiger partial charge is 0.427 e. The lowest BCUT2D eigenvalue weighted by Crippen LogP contribution is -2.44. The second-order valence-electron chi connectivity index (χ2n) is 4.26. The predicted octanol–water partition coefficient (Wildman–Crippen LogP) is 1.83. The highest BCUT2D eigenvalue weighted by Gasteiger charge is 2.44. The first-order chi connectivity index (χ1) is 8.37. The van der Waals surface area contributed by atoms with Crippen molar-refractivity contribution in [3.63, 3.8) is 0 Å². The Morgan fingerprint density at radius 3 is 2.78 bits per heavy atom. The Hall–Kier alpha value is -0.590. The van der Waals surface area contributed by atoms with Gasteiger partial charge < -0.3 is 10.1 Å². The number of nitrogens with zero attached hydrogens (tertiary/aromatic N) is 2. The molecule has 0 bridgehead atoms. The van der Waals surface area contributed by atoms with E-state index in [1.54, 1.807) is 6.92 Å². The van der Waals surface area contributed by atoms with E-state index in [4.69, 9.17) is 27.9 Å². The molecule has 1 aliphatic heterocycles. The summed E-state index contributed by atoms with van der Waals surface area (Å²) < 4.78 is 3.18. The molecule has 8 heteroatoms. The fraction of sp³-hybridized carbons (Fsp3) is 0.900. The van der Waals surface area contributed by atoms with Gasteiger partial charge in [0.15, 0.2) is 0 Å². The molecule has 6 nitrogen and oxygen atoms in total. The van der Waals surface area contributed by atoms with Crippen molar-refractivity contribution in [3.05, 3.63) is 10.1 Å². The molecule has 0 aromatic carbocycles. The van der Waals surface area contributed by atoms with Gasteiger partial charge in [-0.1, -0.05) is 0 Å². The minimum atomic E-state index is -2.22. The average molecular weight is 298 g/mol. The minimum absolute atomic E-state index is 0.0158. The number of nitro groups is 1. The van der Waals surface area contributed by atoms with E-state index in [1.165, 1.54) is 0 Å². The standard InChI is InChI=1S/C10H17Cl2N3O3/c1-3-13-9(10(11,12)15(16)17)14-5-8-4-7(2)18-6-8/h7-8H,3-6H2,1-2H3,(H,13,14). The van der Waals surface area contributed by atoms with Gasteiger partial charge >= 0.3 is 4.46 Å². The van der Waals surface area contributed by atoms with Gasteiger partial charge in [0.2, 0.25) is 5.84 Å². The molecular formula is C10H17Cl2N3O3. The zero-order valence-corrected chi connectivity index (χ0v) is 11.9. The van der Waals surface area contributed by atoms with E-state index in [-0.39, 0.29) is 17.9 Å². The molecule has 2 unspecified atom stereocenters. The second-order valence-corrected chi connectivity index (χ2v) is 5.55. The monoisotopic (exact) mass is 297 g/mol. The third kappa shape index (κ3) is 3.96. The molecule has 1 aliphatic rings. The number of nitrogens with one attached hydrogen (secondary N) is 1. The first kappa shape index (κ1) is 15.5. The first-order valence-electron chi connectivity index (χ1n) is 5.80. The van der Waals surface area contributed by atoms with E-state index in [1.807, 2.05) is 6.92 Å². The van der Waals surface area contributed by atoms with E-state index in [9.17, 15) is 10.1 Å². The van der Waals surface area contributed by atoms with Gasteiger partial charge in [0.1, 0.15) is 0 Å². The van der Waals surface area contributed by atoms with Crippen molar-refractivity contribution in [1.82, 2.24) is 5.32 Å². The second kappa shape index (κ2) is 6.54. The molecule has 2 atom stereocenters. The summed E-state index contributed by atoms with van der Waals surface area (Å²) in [7, 11) is 0. The van der Waals surface area contributed by atoms with Crippen LogP contribution < -0.4 is 5.32 Å². The molecule has 0 aromatic heterocycles. The molecule has 0 spiro atoms. The van der Waals surface area contributed by atoms with E-state index in [0.717, 1.165) is 6.42 Å². The zero-order chi connectivity index (χ0) is 13.8. The van der Waals surface area contributed by atoms with Gasteiger partial charge in [-0.05, 0) is 43.5 Å². The van der Waals surface area contributed by atoms with Crippen LogP contribution in [0.5, 0.6) is 0 Å². The van der Waals surface area contributed by atoms with Crippen LogP contribution in [0.25, 0.3) is 0 Å². The van der Waals surface area contributed by atoms with E-state index in [2.05, 4.69) is 10.3 Å². The summed E-state index contributed by atoms with van der Waals surface area (Å²) in [6, 6.07) is 0. The van der Waals surface area contributed by atoms with Gasteiger partial charge in [0, 0.05) is 19.0 Å². The van der Waals surface area contributed by atoms with Crippen LogP contribution in [-0.2, 0) is 4.74 Å². The number of alkyl halides is 2. The van der Waals surface area contributed by atoms with E-state index >= 15 is 0 Å². The zero-order valence-electron chi connectivity index (χ0n) is 10.4. The molecule has 0 amide bonds. The van der Waals surface area contributed by atoms with Crippen molar-refractivity contribution < 1.29 is 9.66 Å². The molecule has 1 N–H and O–H groups in total. The number of likely N-dealkylation sites (N-methyl/N-ethyl adjacent to an activating group) is 1. The van der Waals surface area contributed by atoms with Crippen LogP contribution in [-0.4, -0.2) is 41.0 Å². The smallest absolute Gasteiger partial charge is 0.378 e. The van der Waals surface area contributed by atoms with Gasteiger partial charge in [0.25, 0.3) is 0 Å². The van der Waals surface area contributed by atoms with Crippen molar-refractivity contribution in [2.45, 2.75) is 30.8 Å². The van der Waals surface area contributed by atoms with Crippen molar-refractivity contribution in [2.75, 3.05) is 19.7 Å². The molecule has 1 saturated heterocycles. The van der Waals surface area contributed by atoms with E-state index < -0.39 is 9.38 Å². The Balaban J connectivity index is 2.69. The number of aliphatic imine (C=N–C) groups is 1. The lowest BCUT2D eigenvalue weighted by atomic mass is 10.1. The van der Waals surface area contributed by atoms with Crippen LogP contribution in [0.15, 0.2) is 4.99 Å². The van der Waals surface area contributed by atoms with Gasteiger partial charge in [0.05, 0.1) is 17.6 Å². The Morgan fingerprint density at radius 2 is 2.33 bits per heavy atom. The summed E-state index contributed by atoms with van der Waals surface area (Å²) >= 11 is 11.3. The highest BCUT2D eigenvalue weighted by atomic mass is 35.5. The highest BCUT2D eigenvalue weighted by Crippen LogP contribution is 2.24. The van der Waals surface area contributed by atoms with E-state index in [0.29, 0.717) is 19.7 Å². The maximum atomic E-state index is 10.8. The van der Waals surface area contributed by atoms with Crippen LogP contribution in [0.3, 0.4) is 0 Å². The summed E-state index contributed by atoms with van der Waals surface area (Å²) in [4.78, 5) is 14.2. The van der Waals surface area contributed by atoms with Crippen LogP contribution in [0.1, 0.15) is 20.3 Å². The summed E-state index contributed by atoms with van der Waals surface area (Å²) in [6.45, 7) is 5.27. The third-order valence-corrected chi connectivity index (χ3v) is 3.28. The van der Waals surface area contributed by atoms with Crippen molar-refractivity contribution in [3.8, 4) is 0 Å². The quantitative estimate of drug-likeness (QED) is 0.210. The van der Waals surface area contributed by atoms with Crippen LogP contribution in [0.4, 0.5) is 0 Å². The summed E-state index contributed by atoms with van der Waals surface area (Å²) in [5.41, 5.74) is 0. The highest BCUT2D eigenvalue weighted by molar-refractivity contribution is 6.57. The maximum absolute atomic E-state index is 10.8. The molecule has 104 valence electrons.